The molecule has 0 bridgehead atoms. The molecule has 0 aromatic carbocycles. The number of aromatic amines is 1. The normalized spacial score (nSPS) is 11.3. The molecule has 0 saturated carbocycles. The second-order valence-electron chi connectivity index (χ2n) is 4.38. The zero-order valence-electron chi connectivity index (χ0n) is 11.4. The molecule has 0 fully saturated rings. The van der Waals surface area contributed by atoms with Gasteiger partial charge in [-0.05, 0) is 37.4 Å². The van der Waals surface area contributed by atoms with E-state index in [0.29, 0.717) is 5.16 Å². The number of hydrogen-bond donors (Lipinski definition) is 2. The van der Waals surface area contributed by atoms with Crippen molar-refractivity contribution in [3.05, 3.63) is 35.9 Å². The molecule has 0 amide bonds. The molecular formula is C13H16N6S. The van der Waals surface area contributed by atoms with Crippen LogP contribution in [0.3, 0.4) is 0 Å². The number of pyridine rings is 1. The van der Waals surface area contributed by atoms with Crippen molar-refractivity contribution in [1.82, 2.24) is 29.9 Å². The Hall–Kier alpha value is -1.86. The molecule has 3 heterocycles. The maximum Gasteiger partial charge on any atom is 0.214 e. The van der Waals surface area contributed by atoms with Gasteiger partial charge in [-0.25, -0.2) is 9.97 Å². The van der Waals surface area contributed by atoms with Gasteiger partial charge in [0, 0.05) is 12.7 Å². The molecule has 6 nitrogen and oxygen atoms in total. The number of aryl methyl sites for hydroxylation is 1. The summed E-state index contributed by atoms with van der Waals surface area (Å²) < 4.78 is 2.10. The number of rotatable bonds is 5. The summed E-state index contributed by atoms with van der Waals surface area (Å²) in [6.45, 7) is 5.67. The van der Waals surface area contributed by atoms with E-state index in [1.165, 1.54) is 11.8 Å². The monoisotopic (exact) mass is 288 g/mol. The first-order valence-electron chi connectivity index (χ1n) is 6.51. The molecule has 0 spiro atoms. The fraction of sp³-hybridized carbons (Fsp3) is 0.308. The molecule has 3 rings (SSSR count). The van der Waals surface area contributed by atoms with E-state index in [0.717, 1.165) is 35.3 Å². The Kier molecular flexibility index (Phi) is 3.70. The summed E-state index contributed by atoms with van der Waals surface area (Å²) in [6.07, 6.45) is 2.03. The van der Waals surface area contributed by atoms with Gasteiger partial charge in [0.2, 0.25) is 5.16 Å². The van der Waals surface area contributed by atoms with Crippen LogP contribution < -0.4 is 5.32 Å². The molecule has 0 aliphatic carbocycles. The zero-order valence-corrected chi connectivity index (χ0v) is 12.2. The Morgan fingerprint density at radius 3 is 3.00 bits per heavy atom. The van der Waals surface area contributed by atoms with Gasteiger partial charge < -0.3 is 9.72 Å². The third kappa shape index (κ3) is 2.54. The fourth-order valence-electron chi connectivity index (χ4n) is 1.97. The predicted molar refractivity (Wildman–Crippen MR) is 77.8 cm³/mol. The first kappa shape index (κ1) is 13.1. The van der Waals surface area contributed by atoms with Crippen molar-refractivity contribution in [2.24, 2.45) is 0 Å². The van der Waals surface area contributed by atoms with Crippen molar-refractivity contribution in [3.63, 3.8) is 0 Å². The smallest absolute Gasteiger partial charge is 0.214 e. The molecule has 104 valence electrons. The van der Waals surface area contributed by atoms with Crippen LogP contribution in [0.5, 0.6) is 0 Å². The van der Waals surface area contributed by atoms with E-state index in [4.69, 9.17) is 0 Å². The van der Waals surface area contributed by atoms with Gasteiger partial charge in [0.25, 0.3) is 0 Å². The van der Waals surface area contributed by atoms with Gasteiger partial charge in [0.15, 0.2) is 0 Å². The summed E-state index contributed by atoms with van der Waals surface area (Å²) in [7, 11) is 0. The molecule has 3 aromatic heterocycles. The van der Waals surface area contributed by atoms with Crippen LogP contribution in [0.15, 0.2) is 34.6 Å². The van der Waals surface area contributed by atoms with Crippen LogP contribution in [-0.4, -0.2) is 31.1 Å². The van der Waals surface area contributed by atoms with Gasteiger partial charge in [0.1, 0.15) is 16.5 Å². The second-order valence-corrected chi connectivity index (χ2v) is 5.33. The van der Waals surface area contributed by atoms with E-state index in [-0.39, 0.29) is 0 Å². The molecule has 0 saturated heterocycles. The van der Waals surface area contributed by atoms with Crippen molar-refractivity contribution < 1.29 is 0 Å². The van der Waals surface area contributed by atoms with Crippen molar-refractivity contribution in [1.29, 1.82) is 0 Å². The highest BCUT2D eigenvalue weighted by atomic mass is 32.2. The van der Waals surface area contributed by atoms with Crippen LogP contribution in [0.2, 0.25) is 0 Å². The van der Waals surface area contributed by atoms with Crippen LogP contribution in [0.25, 0.3) is 5.65 Å². The molecule has 2 N–H and O–H groups in total. The number of nitrogens with zero attached hydrogens (tertiary/aromatic N) is 4. The van der Waals surface area contributed by atoms with Gasteiger partial charge >= 0.3 is 0 Å². The van der Waals surface area contributed by atoms with Gasteiger partial charge in [-0.1, -0.05) is 13.0 Å². The lowest BCUT2D eigenvalue weighted by atomic mass is 10.4. The van der Waals surface area contributed by atoms with Gasteiger partial charge in [0.05, 0.1) is 5.69 Å². The Morgan fingerprint density at radius 1 is 1.35 bits per heavy atom. The Bertz CT molecular complexity index is 717. The van der Waals surface area contributed by atoms with Crippen molar-refractivity contribution >= 4 is 17.4 Å². The number of imidazole rings is 1. The number of hydrogen-bond acceptors (Lipinski definition) is 5. The summed E-state index contributed by atoms with van der Waals surface area (Å²) in [5.41, 5.74) is 2.07. The van der Waals surface area contributed by atoms with E-state index in [1.54, 1.807) is 0 Å². The maximum atomic E-state index is 4.66. The van der Waals surface area contributed by atoms with E-state index in [2.05, 4.69) is 36.8 Å². The minimum absolute atomic E-state index is 0.698. The van der Waals surface area contributed by atoms with Crippen LogP contribution in [0, 0.1) is 6.92 Å². The lowest BCUT2D eigenvalue weighted by Crippen LogP contribution is -2.14. The van der Waals surface area contributed by atoms with Gasteiger partial charge in [-0.2, -0.15) is 0 Å². The highest BCUT2D eigenvalue weighted by Gasteiger charge is 2.14. The van der Waals surface area contributed by atoms with Crippen molar-refractivity contribution in [2.45, 2.75) is 30.6 Å². The molecule has 3 aromatic rings. The summed E-state index contributed by atoms with van der Waals surface area (Å²) in [5.74, 6) is 0.810. The summed E-state index contributed by atoms with van der Waals surface area (Å²) in [6, 6.07) is 6.00. The molecule has 0 aliphatic rings. The Labute approximate surface area is 121 Å². The third-order valence-electron chi connectivity index (χ3n) is 2.90. The minimum Gasteiger partial charge on any atom is -0.311 e. The van der Waals surface area contributed by atoms with Gasteiger partial charge in [-0.15, -0.1) is 5.10 Å². The zero-order chi connectivity index (χ0) is 13.9. The third-order valence-corrected chi connectivity index (χ3v) is 3.78. The fourth-order valence-corrected chi connectivity index (χ4v) is 2.84. The van der Waals surface area contributed by atoms with Crippen LogP contribution >= 0.6 is 11.8 Å². The predicted octanol–water partition coefficient (Wildman–Crippen LogP) is 2.02. The second kappa shape index (κ2) is 5.64. The molecule has 0 aliphatic heterocycles. The van der Waals surface area contributed by atoms with Crippen LogP contribution in [0.4, 0.5) is 0 Å². The van der Waals surface area contributed by atoms with Crippen LogP contribution in [0.1, 0.15) is 18.4 Å². The molecular weight excluding hydrogens is 272 g/mol. The van der Waals surface area contributed by atoms with E-state index < -0.39 is 0 Å². The van der Waals surface area contributed by atoms with Gasteiger partial charge in [-0.3, -0.25) is 5.10 Å². The van der Waals surface area contributed by atoms with Crippen molar-refractivity contribution in [2.75, 3.05) is 6.54 Å². The highest BCUT2D eigenvalue weighted by molar-refractivity contribution is 7.99. The molecule has 0 unspecified atom stereocenters. The lowest BCUT2D eigenvalue weighted by Gasteiger charge is -2.04. The Balaban J connectivity index is 1.99. The molecule has 0 atom stereocenters. The van der Waals surface area contributed by atoms with E-state index in [9.17, 15) is 0 Å². The lowest BCUT2D eigenvalue weighted by molar-refractivity contribution is 0.694. The van der Waals surface area contributed by atoms with Crippen LogP contribution in [-0.2, 0) is 6.54 Å². The number of aromatic nitrogens is 5. The molecule has 0 radical (unpaired) electrons. The maximum absolute atomic E-state index is 4.66. The average Bonchev–Trinajstić information content (AvgIpc) is 3.00. The topological polar surface area (TPSA) is 70.9 Å². The number of H-pyrrole nitrogens is 1. The summed E-state index contributed by atoms with van der Waals surface area (Å²) >= 11 is 1.49. The minimum atomic E-state index is 0.698. The quantitative estimate of drug-likeness (QED) is 0.751. The standard InChI is InChI=1S/C13H16N6S/c1-3-14-8-10-12(20-13-15-9(2)17-18-13)16-11-6-4-5-7-19(10)11/h4-7,14H,3,8H2,1-2H3,(H,15,17,18). The van der Waals surface area contributed by atoms with Crippen molar-refractivity contribution in [3.8, 4) is 0 Å². The number of nitrogens with one attached hydrogen (secondary N) is 2. The first-order chi connectivity index (χ1) is 9.78. The highest BCUT2D eigenvalue weighted by Crippen LogP contribution is 2.28. The number of fused-ring (bicyclic) bond motifs is 1. The average molecular weight is 288 g/mol. The first-order valence-corrected chi connectivity index (χ1v) is 7.33. The SMILES string of the molecule is CCNCc1c(Sc2n[nH]c(C)n2)nc2ccccn12. The van der Waals surface area contributed by atoms with E-state index >= 15 is 0 Å². The van der Waals surface area contributed by atoms with E-state index in [1.807, 2.05) is 31.3 Å². The molecule has 7 heteroatoms. The summed E-state index contributed by atoms with van der Waals surface area (Å²) in [5, 5.41) is 12.0. The molecule has 20 heavy (non-hydrogen) atoms. The largest absolute Gasteiger partial charge is 0.311 e. The Morgan fingerprint density at radius 2 is 2.25 bits per heavy atom. The summed E-state index contributed by atoms with van der Waals surface area (Å²) in [4.78, 5) is 8.99.